The fourth-order valence-electron chi connectivity index (χ4n) is 6.16. The molecule has 0 spiro atoms. The summed E-state index contributed by atoms with van der Waals surface area (Å²) in [5.74, 6) is -4.51. The number of halogens is 3. The highest BCUT2D eigenvalue weighted by molar-refractivity contribution is 9.10. The van der Waals surface area contributed by atoms with Crippen LogP contribution in [-0.2, 0) is 14.3 Å². The minimum Gasteiger partial charge on any atom is -0.474 e. The van der Waals surface area contributed by atoms with Crippen LogP contribution in [0.1, 0.15) is 59.2 Å². The zero-order valence-electron chi connectivity index (χ0n) is 24.6. The van der Waals surface area contributed by atoms with E-state index in [1.165, 1.54) is 0 Å². The highest BCUT2D eigenvalue weighted by atomic mass is 79.9. The zero-order chi connectivity index (χ0) is 31.7. The van der Waals surface area contributed by atoms with Gasteiger partial charge >= 0.3 is 0 Å². The van der Waals surface area contributed by atoms with Crippen LogP contribution in [0.5, 0.6) is 5.88 Å². The average Bonchev–Trinajstić information content (AvgIpc) is 3.23. The lowest BCUT2D eigenvalue weighted by molar-refractivity contribution is -0.136. The fourth-order valence-corrected chi connectivity index (χ4v) is 6.39. The number of piperazine rings is 1. The van der Waals surface area contributed by atoms with Crippen molar-refractivity contribution in [3.63, 3.8) is 0 Å². The number of fused-ring (bicyclic) bond motifs is 1. The second-order valence-corrected chi connectivity index (χ2v) is 12.8. The van der Waals surface area contributed by atoms with Crippen molar-refractivity contribution in [1.29, 1.82) is 0 Å². The molecule has 14 heteroatoms. The van der Waals surface area contributed by atoms with E-state index in [-0.39, 0.29) is 62.2 Å². The first-order chi connectivity index (χ1) is 21.6. The summed E-state index contributed by atoms with van der Waals surface area (Å²) >= 11 is 3.33. The summed E-state index contributed by atoms with van der Waals surface area (Å²) in [7, 11) is 0. The highest BCUT2D eigenvalue weighted by Gasteiger charge is 2.45. The van der Waals surface area contributed by atoms with Crippen molar-refractivity contribution in [1.82, 2.24) is 20.1 Å². The van der Waals surface area contributed by atoms with Gasteiger partial charge in [-0.05, 0) is 53.0 Å². The van der Waals surface area contributed by atoms with Crippen molar-refractivity contribution in [2.75, 3.05) is 44.2 Å². The second-order valence-electron chi connectivity index (χ2n) is 11.9. The molecule has 3 aliphatic heterocycles. The second kappa shape index (κ2) is 13.1. The number of anilines is 1. The van der Waals surface area contributed by atoms with Crippen LogP contribution in [0.3, 0.4) is 0 Å². The third-order valence-corrected chi connectivity index (χ3v) is 9.16. The number of benzene rings is 1. The van der Waals surface area contributed by atoms with Gasteiger partial charge in [0.15, 0.2) is 0 Å². The van der Waals surface area contributed by atoms with Crippen molar-refractivity contribution in [3.8, 4) is 5.88 Å². The number of aromatic nitrogens is 1. The molecule has 0 bridgehead atoms. The van der Waals surface area contributed by atoms with E-state index in [0.29, 0.717) is 50.6 Å². The van der Waals surface area contributed by atoms with E-state index in [9.17, 15) is 28.0 Å². The quantitative estimate of drug-likeness (QED) is 0.280. The lowest BCUT2D eigenvalue weighted by atomic mass is 9.92. The number of nitrogens with zero attached hydrogens (tertiary/aromatic N) is 4. The van der Waals surface area contributed by atoms with Crippen LogP contribution in [0, 0.1) is 0 Å². The largest absolute Gasteiger partial charge is 0.474 e. The standard InChI is InChI=1S/C31H34BrF2N5O6/c32-19-2-7-27(35-17-19)45-22-15-21(16-22)44-13-1-8-31(33,34)18-37-9-11-38(12-10-37)20-3-4-23-24(14-20)30(43)39(29(23)42)25-5-6-26(40)36-28(25)41/h2-4,7,14,17,21-22,25H,1,5-6,8-13,15-16,18H2,(H,36,40,41)/t21-,22-,25?. The van der Waals surface area contributed by atoms with Gasteiger partial charge in [0.1, 0.15) is 12.1 Å². The predicted molar refractivity (Wildman–Crippen MR) is 161 cm³/mol. The minimum atomic E-state index is -2.84. The summed E-state index contributed by atoms with van der Waals surface area (Å²) in [5.41, 5.74) is 1.12. The van der Waals surface area contributed by atoms with Gasteiger partial charge in [-0.15, -0.1) is 0 Å². The van der Waals surface area contributed by atoms with Crippen molar-refractivity contribution in [2.45, 2.75) is 62.7 Å². The molecule has 2 aromatic rings. The Morgan fingerprint density at radius 1 is 0.978 bits per heavy atom. The molecule has 11 nitrogen and oxygen atoms in total. The third-order valence-electron chi connectivity index (χ3n) is 8.70. The predicted octanol–water partition coefficient (Wildman–Crippen LogP) is 3.41. The van der Waals surface area contributed by atoms with Gasteiger partial charge in [0, 0.05) is 80.9 Å². The van der Waals surface area contributed by atoms with Gasteiger partial charge in [-0.2, -0.15) is 0 Å². The number of piperidine rings is 1. The molecule has 45 heavy (non-hydrogen) atoms. The number of alkyl halides is 2. The molecule has 4 amide bonds. The number of pyridine rings is 1. The number of hydrogen-bond donors (Lipinski definition) is 1. The molecule has 2 saturated heterocycles. The minimum absolute atomic E-state index is 0.0142. The molecule has 1 unspecified atom stereocenters. The lowest BCUT2D eigenvalue weighted by Gasteiger charge is -2.37. The molecule has 4 heterocycles. The molecule has 1 saturated carbocycles. The van der Waals surface area contributed by atoms with Gasteiger partial charge in [-0.3, -0.25) is 34.3 Å². The van der Waals surface area contributed by atoms with E-state index in [1.807, 2.05) is 11.0 Å². The van der Waals surface area contributed by atoms with Crippen LogP contribution < -0.4 is 15.0 Å². The van der Waals surface area contributed by atoms with Gasteiger partial charge in [0.2, 0.25) is 17.7 Å². The number of hydrogen-bond acceptors (Lipinski definition) is 9. The van der Waals surface area contributed by atoms with Gasteiger partial charge in [-0.1, -0.05) is 0 Å². The molecule has 0 radical (unpaired) electrons. The number of carbonyl (C=O) groups excluding carboxylic acids is 4. The molecule has 1 aliphatic carbocycles. The summed E-state index contributed by atoms with van der Waals surface area (Å²) in [6, 6.07) is 7.55. The Kier molecular flexibility index (Phi) is 9.16. The summed E-state index contributed by atoms with van der Waals surface area (Å²) in [6.07, 6.45) is 3.28. The first-order valence-electron chi connectivity index (χ1n) is 15.2. The van der Waals surface area contributed by atoms with Crippen molar-refractivity contribution in [3.05, 3.63) is 52.1 Å². The maximum atomic E-state index is 14.8. The number of ether oxygens (including phenoxy) is 2. The fraction of sp³-hybridized carbons (Fsp3) is 0.516. The lowest BCUT2D eigenvalue weighted by Crippen LogP contribution is -2.54. The van der Waals surface area contributed by atoms with Crippen LogP contribution >= 0.6 is 15.9 Å². The van der Waals surface area contributed by atoms with Crippen LogP contribution in [-0.4, -0.2) is 102 Å². The average molecular weight is 691 g/mol. The number of carbonyl (C=O) groups is 4. The smallest absolute Gasteiger partial charge is 0.262 e. The Bertz CT molecular complexity index is 1460. The maximum Gasteiger partial charge on any atom is 0.262 e. The molecular weight excluding hydrogens is 656 g/mol. The van der Waals surface area contributed by atoms with Gasteiger partial charge in [0.25, 0.3) is 17.7 Å². The van der Waals surface area contributed by atoms with Gasteiger partial charge in [-0.25, -0.2) is 13.8 Å². The molecule has 1 aromatic heterocycles. The first-order valence-corrected chi connectivity index (χ1v) is 16.0. The molecule has 1 atom stereocenters. The molecule has 3 fully saturated rings. The molecule has 4 aliphatic rings. The molecule has 1 N–H and O–H groups in total. The highest BCUT2D eigenvalue weighted by Crippen LogP contribution is 2.32. The Morgan fingerprint density at radius 3 is 2.44 bits per heavy atom. The van der Waals surface area contributed by atoms with E-state index in [1.54, 1.807) is 35.4 Å². The van der Waals surface area contributed by atoms with Crippen LogP contribution in [0.4, 0.5) is 14.5 Å². The van der Waals surface area contributed by atoms with Gasteiger partial charge < -0.3 is 14.4 Å². The third kappa shape index (κ3) is 7.17. The topological polar surface area (TPSA) is 121 Å². The van der Waals surface area contributed by atoms with E-state index < -0.39 is 35.6 Å². The van der Waals surface area contributed by atoms with Crippen molar-refractivity contribution >= 4 is 45.2 Å². The number of amides is 4. The summed E-state index contributed by atoms with van der Waals surface area (Å²) < 4.78 is 42.0. The van der Waals surface area contributed by atoms with Crippen LogP contribution in [0.15, 0.2) is 41.0 Å². The van der Waals surface area contributed by atoms with E-state index in [4.69, 9.17) is 9.47 Å². The SMILES string of the molecule is O=C1CCC(N2C(=O)c3ccc(N4CCN(CC(F)(F)CCCO[C@H]5C[C@H](Oc6ccc(Br)cn6)C5)CC4)cc3C2=O)C(=O)N1. The Labute approximate surface area is 267 Å². The van der Waals surface area contributed by atoms with Gasteiger partial charge in [0.05, 0.1) is 23.8 Å². The maximum absolute atomic E-state index is 14.8. The zero-order valence-corrected chi connectivity index (χ0v) is 26.1. The number of rotatable bonds is 11. The summed E-state index contributed by atoms with van der Waals surface area (Å²) in [4.78, 5) is 58.8. The number of nitrogens with one attached hydrogen (secondary N) is 1. The molecule has 6 rings (SSSR count). The van der Waals surface area contributed by atoms with Crippen LogP contribution in [0.2, 0.25) is 0 Å². The van der Waals surface area contributed by atoms with E-state index >= 15 is 0 Å². The van der Waals surface area contributed by atoms with E-state index in [0.717, 1.165) is 9.37 Å². The summed E-state index contributed by atoms with van der Waals surface area (Å²) in [6.45, 7) is 1.76. The normalized spacial score (nSPS) is 24.0. The van der Waals surface area contributed by atoms with Crippen LogP contribution in [0.25, 0.3) is 0 Å². The molecule has 1 aromatic carbocycles. The van der Waals surface area contributed by atoms with Crippen molar-refractivity contribution < 1.29 is 37.4 Å². The molecular formula is C31H34BrF2N5O6. The first kappa shape index (κ1) is 31.5. The molecule has 240 valence electrons. The Morgan fingerprint density at radius 2 is 1.73 bits per heavy atom. The monoisotopic (exact) mass is 689 g/mol. The Hall–Kier alpha value is -3.49. The number of imide groups is 2. The van der Waals surface area contributed by atoms with Crippen molar-refractivity contribution in [2.24, 2.45) is 0 Å². The Balaban J connectivity index is 0.916. The summed E-state index contributed by atoms with van der Waals surface area (Å²) in [5, 5.41) is 2.19. The van der Waals surface area contributed by atoms with E-state index in [2.05, 4.69) is 26.2 Å².